The Morgan fingerprint density at radius 2 is 2.23 bits per heavy atom. The first-order valence-corrected chi connectivity index (χ1v) is 10.2. The average Bonchev–Trinajstić information content (AvgIpc) is 3.39. The van der Waals surface area contributed by atoms with Crippen molar-refractivity contribution in [2.45, 2.75) is 19.4 Å². The van der Waals surface area contributed by atoms with Crippen LogP contribution in [-0.4, -0.2) is 55.6 Å². The van der Waals surface area contributed by atoms with Crippen LogP contribution in [0.1, 0.15) is 28.8 Å². The molecule has 0 N–H and O–H groups in total. The van der Waals surface area contributed by atoms with Gasteiger partial charge in [0, 0.05) is 45.8 Å². The molecule has 1 amide bonds. The summed E-state index contributed by atoms with van der Waals surface area (Å²) in [6, 6.07) is 3.96. The molecule has 2 saturated heterocycles. The average molecular weight is 375 g/mol. The lowest BCUT2D eigenvalue weighted by atomic mass is 9.71. The van der Waals surface area contributed by atoms with Crippen LogP contribution in [-0.2, 0) is 11.3 Å². The van der Waals surface area contributed by atoms with Crippen molar-refractivity contribution in [2.24, 2.45) is 11.3 Å². The molecule has 2 aliphatic rings. The molecule has 0 aliphatic carbocycles. The number of ether oxygens (including phenoxy) is 1. The molecule has 140 valence electrons. The van der Waals surface area contributed by atoms with Crippen LogP contribution in [0, 0.1) is 11.3 Å². The second kappa shape index (κ2) is 7.55. The molecule has 2 aromatic heterocycles. The maximum absolute atomic E-state index is 12.6. The Morgan fingerprint density at radius 1 is 1.38 bits per heavy atom. The van der Waals surface area contributed by atoms with Gasteiger partial charge in [-0.3, -0.25) is 9.69 Å². The molecule has 2 aliphatic heterocycles. The Kier molecular flexibility index (Phi) is 5.16. The normalized spacial score (nSPS) is 23.0. The molecule has 1 unspecified atom stereocenters. The molecule has 4 heterocycles. The van der Waals surface area contributed by atoms with Crippen molar-refractivity contribution < 1.29 is 13.9 Å². The van der Waals surface area contributed by atoms with Gasteiger partial charge in [0.1, 0.15) is 6.26 Å². The van der Waals surface area contributed by atoms with Gasteiger partial charge in [-0.2, -0.15) is 11.3 Å². The third kappa shape index (κ3) is 3.46. The second-order valence-corrected chi connectivity index (χ2v) is 8.40. The van der Waals surface area contributed by atoms with Gasteiger partial charge in [-0.1, -0.05) is 0 Å². The zero-order valence-corrected chi connectivity index (χ0v) is 16.0. The number of amides is 1. The van der Waals surface area contributed by atoms with Crippen molar-refractivity contribution in [3.8, 4) is 0 Å². The third-order valence-corrected chi connectivity index (χ3v) is 6.78. The number of likely N-dealkylation sites (tertiary alicyclic amines) is 2. The number of carbonyl (C=O) groups is 1. The van der Waals surface area contributed by atoms with E-state index in [-0.39, 0.29) is 11.3 Å². The number of thiophene rings is 1. The zero-order chi connectivity index (χ0) is 18.0. The molecule has 0 aromatic carbocycles. The molecule has 0 saturated carbocycles. The van der Waals surface area contributed by atoms with E-state index in [0.717, 1.165) is 52.2 Å². The highest BCUT2D eigenvalue weighted by molar-refractivity contribution is 7.07. The Hall–Kier alpha value is -1.63. The van der Waals surface area contributed by atoms with Crippen molar-refractivity contribution in [1.29, 1.82) is 0 Å². The molecule has 5 nitrogen and oxygen atoms in total. The molecule has 1 spiro atoms. The summed E-state index contributed by atoms with van der Waals surface area (Å²) in [5.41, 5.74) is 2.31. The predicted molar refractivity (Wildman–Crippen MR) is 101 cm³/mol. The van der Waals surface area contributed by atoms with Gasteiger partial charge < -0.3 is 14.1 Å². The first-order chi connectivity index (χ1) is 12.7. The molecular weight excluding hydrogens is 348 g/mol. The number of hydrogen-bond donors (Lipinski definition) is 0. The minimum atomic E-state index is 0.0880. The lowest BCUT2D eigenvalue weighted by Gasteiger charge is -2.42. The van der Waals surface area contributed by atoms with Gasteiger partial charge in [0.25, 0.3) is 5.91 Å². The number of carbonyl (C=O) groups excluding carboxylic acids is 1. The fourth-order valence-electron chi connectivity index (χ4n) is 4.63. The molecule has 0 radical (unpaired) electrons. The first kappa shape index (κ1) is 17.8. The van der Waals surface area contributed by atoms with Gasteiger partial charge >= 0.3 is 0 Å². The van der Waals surface area contributed by atoms with E-state index in [1.54, 1.807) is 37.0 Å². The van der Waals surface area contributed by atoms with Gasteiger partial charge in [0.15, 0.2) is 0 Å². The van der Waals surface area contributed by atoms with Gasteiger partial charge in [-0.25, -0.2) is 0 Å². The number of furan rings is 1. The van der Waals surface area contributed by atoms with Crippen molar-refractivity contribution in [3.05, 3.63) is 46.5 Å². The zero-order valence-electron chi connectivity index (χ0n) is 15.2. The van der Waals surface area contributed by atoms with E-state index in [4.69, 9.17) is 9.15 Å². The minimum Gasteiger partial charge on any atom is -0.472 e. The summed E-state index contributed by atoms with van der Waals surface area (Å²) in [4.78, 5) is 17.1. The summed E-state index contributed by atoms with van der Waals surface area (Å²) >= 11 is 1.76. The Labute approximate surface area is 158 Å². The molecule has 26 heavy (non-hydrogen) atoms. The maximum Gasteiger partial charge on any atom is 0.257 e. The first-order valence-electron chi connectivity index (χ1n) is 9.24. The monoisotopic (exact) mass is 374 g/mol. The molecular formula is C20H26N2O3S. The topological polar surface area (TPSA) is 45.9 Å². The Bertz CT molecular complexity index is 706. The number of rotatable bonds is 5. The van der Waals surface area contributed by atoms with E-state index < -0.39 is 0 Å². The molecule has 0 bridgehead atoms. The van der Waals surface area contributed by atoms with Gasteiger partial charge in [-0.05, 0) is 46.7 Å². The van der Waals surface area contributed by atoms with Crippen LogP contribution in [0.25, 0.3) is 0 Å². The SMILES string of the molecule is COCC1CN(Cc2ccsc2)CC12CCN(C(=O)c1ccoc1)CC2. The highest BCUT2D eigenvalue weighted by Gasteiger charge is 2.48. The molecule has 1 atom stereocenters. The van der Waals surface area contributed by atoms with E-state index in [1.165, 1.54) is 5.56 Å². The van der Waals surface area contributed by atoms with Crippen LogP contribution in [0.5, 0.6) is 0 Å². The number of piperidine rings is 1. The van der Waals surface area contributed by atoms with Crippen molar-refractivity contribution >= 4 is 17.2 Å². The number of methoxy groups -OCH3 is 1. The standard InChI is InChI=1S/C20H26N2O3S/c1-24-13-18-11-21(10-16-3-9-26-14-16)15-20(18)4-6-22(7-5-20)19(23)17-2-8-25-12-17/h2-3,8-9,12,14,18H,4-7,10-11,13,15H2,1H3. The smallest absolute Gasteiger partial charge is 0.257 e. The van der Waals surface area contributed by atoms with Crippen LogP contribution in [0.15, 0.2) is 39.8 Å². The van der Waals surface area contributed by atoms with Crippen LogP contribution in [0.2, 0.25) is 0 Å². The summed E-state index contributed by atoms with van der Waals surface area (Å²) < 4.78 is 10.6. The van der Waals surface area contributed by atoms with Crippen molar-refractivity contribution in [2.75, 3.05) is 39.9 Å². The summed E-state index contributed by atoms with van der Waals surface area (Å²) in [6.45, 7) is 5.63. The Morgan fingerprint density at radius 3 is 2.88 bits per heavy atom. The van der Waals surface area contributed by atoms with E-state index in [0.29, 0.717) is 11.5 Å². The summed E-state index contributed by atoms with van der Waals surface area (Å²) in [5.74, 6) is 0.627. The summed E-state index contributed by atoms with van der Waals surface area (Å²) in [7, 11) is 1.80. The quantitative estimate of drug-likeness (QED) is 0.805. The van der Waals surface area contributed by atoms with E-state index >= 15 is 0 Å². The number of hydrogen-bond acceptors (Lipinski definition) is 5. The van der Waals surface area contributed by atoms with E-state index in [2.05, 4.69) is 21.7 Å². The highest BCUT2D eigenvalue weighted by Crippen LogP contribution is 2.45. The third-order valence-electron chi connectivity index (χ3n) is 6.05. The van der Waals surface area contributed by atoms with Gasteiger partial charge in [0.2, 0.25) is 0 Å². The predicted octanol–water partition coefficient (Wildman–Crippen LogP) is 3.34. The minimum absolute atomic E-state index is 0.0880. The van der Waals surface area contributed by atoms with Crippen LogP contribution in [0.4, 0.5) is 0 Å². The largest absolute Gasteiger partial charge is 0.472 e. The molecule has 6 heteroatoms. The van der Waals surface area contributed by atoms with E-state index in [1.807, 2.05) is 4.90 Å². The Balaban J connectivity index is 1.42. The van der Waals surface area contributed by atoms with E-state index in [9.17, 15) is 4.79 Å². The van der Waals surface area contributed by atoms with Gasteiger partial charge in [0.05, 0.1) is 18.4 Å². The van der Waals surface area contributed by atoms with Crippen LogP contribution in [0.3, 0.4) is 0 Å². The molecule has 2 fully saturated rings. The lowest BCUT2D eigenvalue weighted by molar-refractivity contribution is 0.0322. The molecule has 2 aromatic rings. The second-order valence-electron chi connectivity index (χ2n) is 7.62. The lowest BCUT2D eigenvalue weighted by Crippen LogP contribution is -2.47. The summed E-state index contributed by atoms with van der Waals surface area (Å²) in [6.07, 6.45) is 5.20. The van der Waals surface area contributed by atoms with Crippen molar-refractivity contribution in [3.63, 3.8) is 0 Å². The summed E-state index contributed by atoms with van der Waals surface area (Å²) in [5, 5.41) is 4.39. The number of nitrogens with zero attached hydrogens (tertiary/aromatic N) is 2. The van der Waals surface area contributed by atoms with Crippen molar-refractivity contribution in [1.82, 2.24) is 9.80 Å². The fourth-order valence-corrected chi connectivity index (χ4v) is 5.29. The maximum atomic E-state index is 12.6. The fraction of sp³-hybridized carbons (Fsp3) is 0.550. The van der Waals surface area contributed by atoms with Gasteiger partial charge in [-0.15, -0.1) is 0 Å². The van der Waals surface area contributed by atoms with Crippen LogP contribution >= 0.6 is 11.3 Å². The van der Waals surface area contributed by atoms with Crippen LogP contribution < -0.4 is 0 Å². The molecule has 4 rings (SSSR count). The highest BCUT2D eigenvalue weighted by atomic mass is 32.1.